The Bertz CT molecular complexity index is 380. The summed E-state index contributed by atoms with van der Waals surface area (Å²) in [6, 6.07) is -0.444. The third kappa shape index (κ3) is 6.57. The van der Waals surface area contributed by atoms with E-state index < -0.39 is 17.9 Å². The number of carbonyl (C=O) groups is 3. The molecule has 1 heterocycles. The highest BCUT2D eigenvalue weighted by molar-refractivity contribution is 5.94. The number of aliphatic carboxylic acids is 1. The van der Waals surface area contributed by atoms with Crippen molar-refractivity contribution >= 4 is 17.9 Å². The number of likely N-dealkylation sites (N-methyl/N-ethyl adjacent to an activating group) is 1. The van der Waals surface area contributed by atoms with E-state index >= 15 is 0 Å². The van der Waals surface area contributed by atoms with E-state index in [1.807, 2.05) is 6.92 Å². The SMILES string of the molecule is CCN(CC1CCCO1)C(=O)NC(=O)CC(C)CC(=O)O. The topological polar surface area (TPSA) is 95.9 Å². The van der Waals surface area contributed by atoms with Crippen molar-refractivity contribution in [3.8, 4) is 0 Å². The van der Waals surface area contributed by atoms with E-state index in [4.69, 9.17) is 9.84 Å². The second-order valence-electron chi connectivity index (χ2n) is 5.43. The zero-order valence-electron chi connectivity index (χ0n) is 12.6. The molecular weight excluding hydrogens is 276 g/mol. The lowest BCUT2D eigenvalue weighted by atomic mass is 10.0. The van der Waals surface area contributed by atoms with Gasteiger partial charge in [0.25, 0.3) is 0 Å². The summed E-state index contributed by atoms with van der Waals surface area (Å²) in [4.78, 5) is 35.8. The molecule has 120 valence electrons. The molecule has 2 atom stereocenters. The molecule has 7 heteroatoms. The smallest absolute Gasteiger partial charge is 0.324 e. The van der Waals surface area contributed by atoms with Crippen molar-refractivity contribution in [2.75, 3.05) is 19.7 Å². The fraction of sp³-hybridized carbons (Fsp3) is 0.786. The minimum Gasteiger partial charge on any atom is -0.481 e. The monoisotopic (exact) mass is 300 g/mol. The summed E-state index contributed by atoms with van der Waals surface area (Å²) in [6.07, 6.45) is 1.89. The van der Waals surface area contributed by atoms with Crippen LogP contribution in [0.2, 0.25) is 0 Å². The molecule has 2 unspecified atom stereocenters. The van der Waals surface area contributed by atoms with Gasteiger partial charge in [0.2, 0.25) is 5.91 Å². The summed E-state index contributed by atoms with van der Waals surface area (Å²) >= 11 is 0. The van der Waals surface area contributed by atoms with Crippen LogP contribution >= 0.6 is 0 Å². The molecule has 1 fully saturated rings. The summed E-state index contributed by atoms with van der Waals surface area (Å²) in [5, 5.41) is 11.0. The first-order valence-electron chi connectivity index (χ1n) is 7.34. The van der Waals surface area contributed by atoms with E-state index in [1.54, 1.807) is 6.92 Å². The van der Waals surface area contributed by atoms with Gasteiger partial charge in [0.15, 0.2) is 0 Å². The van der Waals surface area contributed by atoms with Gasteiger partial charge in [0.1, 0.15) is 0 Å². The Morgan fingerprint density at radius 2 is 2.10 bits per heavy atom. The number of rotatable bonds is 7. The number of ether oxygens (including phenoxy) is 1. The van der Waals surface area contributed by atoms with Crippen molar-refractivity contribution in [1.82, 2.24) is 10.2 Å². The molecule has 1 aliphatic heterocycles. The van der Waals surface area contributed by atoms with Gasteiger partial charge in [0, 0.05) is 32.5 Å². The predicted octanol–water partition coefficient (Wildman–Crippen LogP) is 1.22. The van der Waals surface area contributed by atoms with Gasteiger partial charge in [-0.3, -0.25) is 14.9 Å². The lowest BCUT2D eigenvalue weighted by Crippen LogP contribution is -2.46. The number of urea groups is 1. The molecule has 0 aliphatic carbocycles. The van der Waals surface area contributed by atoms with Crippen LogP contribution in [0.4, 0.5) is 4.79 Å². The highest BCUT2D eigenvalue weighted by atomic mass is 16.5. The Hall–Kier alpha value is -1.63. The molecule has 1 aliphatic rings. The third-order valence-corrected chi connectivity index (χ3v) is 3.42. The first kappa shape index (κ1) is 17.4. The van der Waals surface area contributed by atoms with Crippen LogP contribution < -0.4 is 5.32 Å². The molecule has 21 heavy (non-hydrogen) atoms. The van der Waals surface area contributed by atoms with E-state index in [2.05, 4.69) is 5.32 Å². The van der Waals surface area contributed by atoms with Gasteiger partial charge in [-0.05, 0) is 25.7 Å². The second-order valence-corrected chi connectivity index (χ2v) is 5.43. The molecule has 0 aromatic carbocycles. The summed E-state index contributed by atoms with van der Waals surface area (Å²) in [6.45, 7) is 5.19. The molecule has 0 bridgehead atoms. The van der Waals surface area contributed by atoms with Gasteiger partial charge in [-0.15, -0.1) is 0 Å². The number of carboxylic acids is 1. The number of carboxylic acid groups (broad SMARTS) is 1. The standard InChI is InChI=1S/C14H24N2O5/c1-3-16(9-11-5-4-6-21-11)14(20)15-12(17)7-10(2)8-13(18)19/h10-11H,3-9H2,1-2H3,(H,18,19)(H,15,17,20). The summed E-state index contributed by atoms with van der Waals surface area (Å²) in [5.41, 5.74) is 0. The highest BCUT2D eigenvalue weighted by Gasteiger charge is 2.23. The fourth-order valence-corrected chi connectivity index (χ4v) is 2.33. The van der Waals surface area contributed by atoms with Crippen molar-refractivity contribution < 1.29 is 24.2 Å². The van der Waals surface area contributed by atoms with Crippen molar-refractivity contribution in [3.63, 3.8) is 0 Å². The number of nitrogens with zero attached hydrogens (tertiary/aromatic N) is 1. The number of imide groups is 1. The van der Waals surface area contributed by atoms with Gasteiger partial charge < -0.3 is 14.7 Å². The van der Waals surface area contributed by atoms with Gasteiger partial charge in [-0.25, -0.2) is 4.79 Å². The van der Waals surface area contributed by atoms with Gasteiger partial charge >= 0.3 is 12.0 Å². The first-order chi connectivity index (χ1) is 9.92. The molecule has 0 radical (unpaired) electrons. The third-order valence-electron chi connectivity index (χ3n) is 3.42. The molecule has 1 rings (SSSR count). The summed E-state index contributed by atoms with van der Waals surface area (Å²) in [7, 11) is 0. The number of hydrogen-bond donors (Lipinski definition) is 2. The summed E-state index contributed by atoms with van der Waals surface area (Å²) in [5.74, 6) is -1.70. The Kier molecular flexibility index (Phi) is 7.14. The molecule has 2 N–H and O–H groups in total. The van der Waals surface area contributed by atoms with Crippen LogP contribution in [0.1, 0.15) is 39.5 Å². The number of hydrogen-bond acceptors (Lipinski definition) is 4. The molecule has 3 amide bonds. The van der Waals surface area contributed by atoms with Crippen molar-refractivity contribution in [1.29, 1.82) is 0 Å². The Balaban J connectivity index is 2.38. The van der Waals surface area contributed by atoms with Crippen LogP contribution in [-0.4, -0.2) is 53.7 Å². The minimum atomic E-state index is -0.949. The number of nitrogens with one attached hydrogen (secondary N) is 1. The van der Waals surface area contributed by atoms with Crippen LogP contribution in [0.5, 0.6) is 0 Å². The van der Waals surface area contributed by atoms with Crippen LogP contribution in [0, 0.1) is 5.92 Å². The van der Waals surface area contributed by atoms with Crippen molar-refractivity contribution in [2.45, 2.75) is 45.6 Å². The maximum atomic E-state index is 12.0. The molecule has 0 aromatic heterocycles. The predicted molar refractivity (Wildman–Crippen MR) is 75.8 cm³/mol. The molecule has 0 aromatic rings. The molecule has 0 saturated carbocycles. The van der Waals surface area contributed by atoms with Crippen LogP contribution in [-0.2, 0) is 14.3 Å². The van der Waals surface area contributed by atoms with Crippen LogP contribution in [0.15, 0.2) is 0 Å². The molecule has 0 spiro atoms. The Morgan fingerprint density at radius 1 is 1.38 bits per heavy atom. The average Bonchev–Trinajstić information content (AvgIpc) is 2.86. The van der Waals surface area contributed by atoms with Crippen LogP contribution in [0.25, 0.3) is 0 Å². The quantitative estimate of drug-likeness (QED) is 0.737. The van der Waals surface area contributed by atoms with Gasteiger partial charge in [-0.1, -0.05) is 6.92 Å². The van der Waals surface area contributed by atoms with Crippen LogP contribution in [0.3, 0.4) is 0 Å². The summed E-state index contributed by atoms with van der Waals surface area (Å²) < 4.78 is 5.48. The number of carbonyl (C=O) groups excluding carboxylic acids is 2. The largest absolute Gasteiger partial charge is 0.481 e. The van der Waals surface area contributed by atoms with E-state index in [9.17, 15) is 14.4 Å². The lowest BCUT2D eigenvalue weighted by molar-refractivity contribution is -0.138. The van der Waals surface area contributed by atoms with E-state index in [-0.39, 0.29) is 24.9 Å². The maximum absolute atomic E-state index is 12.0. The highest BCUT2D eigenvalue weighted by Crippen LogP contribution is 2.13. The zero-order valence-corrected chi connectivity index (χ0v) is 12.6. The Labute approximate surface area is 124 Å². The fourth-order valence-electron chi connectivity index (χ4n) is 2.33. The van der Waals surface area contributed by atoms with E-state index in [0.29, 0.717) is 13.1 Å². The normalized spacial score (nSPS) is 19.0. The Morgan fingerprint density at radius 3 is 2.62 bits per heavy atom. The minimum absolute atomic E-state index is 0.0233. The first-order valence-corrected chi connectivity index (χ1v) is 7.34. The molecular formula is C14H24N2O5. The van der Waals surface area contributed by atoms with Gasteiger partial charge in [0.05, 0.1) is 6.10 Å². The maximum Gasteiger partial charge on any atom is 0.324 e. The molecule has 1 saturated heterocycles. The van der Waals surface area contributed by atoms with E-state index in [0.717, 1.165) is 19.4 Å². The average molecular weight is 300 g/mol. The second kappa shape index (κ2) is 8.61. The van der Waals surface area contributed by atoms with E-state index in [1.165, 1.54) is 4.90 Å². The number of amides is 3. The van der Waals surface area contributed by atoms with Crippen molar-refractivity contribution in [3.05, 3.63) is 0 Å². The van der Waals surface area contributed by atoms with Gasteiger partial charge in [-0.2, -0.15) is 0 Å². The zero-order chi connectivity index (χ0) is 15.8. The van der Waals surface area contributed by atoms with Crippen molar-refractivity contribution in [2.24, 2.45) is 5.92 Å². The lowest BCUT2D eigenvalue weighted by Gasteiger charge is -2.24. The molecule has 7 nitrogen and oxygen atoms in total.